The summed E-state index contributed by atoms with van der Waals surface area (Å²) in [4.78, 5) is 0. The van der Waals surface area contributed by atoms with Crippen LogP contribution in [-0.4, -0.2) is 11.1 Å². The third-order valence-corrected chi connectivity index (χ3v) is 6.48. The third kappa shape index (κ3) is 2.73. The van der Waals surface area contributed by atoms with E-state index in [1.54, 1.807) is 0 Å². The SMILES string of the molecule is CCC1CC12NC2(C)CCCC(C)(C)CCC1CC1. The van der Waals surface area contributed by atoms with Gasteiger partial charge >= 0.3 is 0 Å². The lowest BCUT2D eigenvalue weighted by atomic mass is 9.80. The molecule has 3 unspecified atom stereocenters. The number of rotatable bonds is 8. The standard InChI is InChI=1S/C18H33N/c1-5-15-13-18(15)17(4,19-18)11-6-10-16(2,3)12-9-14-7-8-14/h14-15,19H,5-13H2,1-4H3. The molecule has 0 bridgehead atoms. The highest BCUT2D eigenvalue weighted by Crippen LogP contribution is 2.64. The Labute approximate surface area is 119 Å². The maximum Gasteiger partial charge on any atom is 0.0398 e. The van der Waals surface area contributed by atoms with Crippen molar-refractivity contribution in [1.82, 2.24) is 5.32 Å². The van der Waals surface area contributed by atoms with Gasteiger partial charge in [0, 0.05) is 11.1 Å². The highest BCUT2D eigenvalue weighted by Gasteiger charge is 2.75. The molecule has 3 fully saturated rings. The Hall–Kier alpha value is -0.0400. The molecular weight excluding hydrogens is 230 g/mol. The zero-order valence-corrected chi connectivity index (χ0v) is 13.5. The summed E-state index contributed by atoms with van der Waals surface area (Å²) in [5.74, 6) is 2.09. The van der Waals surface area contributed by atoms with Crippen LogP contribution in [0.4, 0.5) is 0 Å². The van der Waals surface area contributed by atoms with Gasteiger partial charge in [0.05, 0.1) is 0 Å². The van der Waals surface area contributed by atoms with Crippen LogP contribution in [0.25, 0.3) is 0 Å². The summed E-state index contributed by atoms with van der Waals surface area (Å²) in [5, 5.41) is 3.84. The van der Waals surface area contributed by atoms with Gasteiger partial charge in [-0.25, -0.2) is 0 Å². The van der Waals surface area contributed by atoms with Crippen LogP contribution in [0.1, 0.15) is 85.5 Å². The Balaban J connectivity index is 1.36. The minimum absolute atomic E-state index is 0.500. The van der Waals surface area contributed by atoms with E-state index < -0.39 is 0 Å². The van der Waals surface area contributed by atoms with Crippen LogP contribution >= 0.6 is 0 Å². The minimum atomic E-state index is 0.500. The van der Waals surface area contributed by atoms with Gasteiger partial charge in [-0.1, -0.05) is 46.5 Å². The maximum atomic E-state index is 3.84. The van der Waals surface area contributed by atoms with E-state index in [2.05, 4.69) is 33.0 Å². The van der Waals surface area contributed by atoms with Gasteiger partial charge < -0.3 is 5.32 Å². The smallest absolute Gasteiger partial charge is 0.0398 e. The largest absolute Gasteiger partial charge is 0.302 e. The van der Waals surface area contributed by atoms with Gasteiger partial charge in [0.1, 0.15) is 0 Å². The van der Waals surface area contributed by atoms with Gasteiger partial charge in [0.2, 0.25) is 0 Å². The van der Waals surface area contributed by atoms with Gasteiger partial charge in [0.15, 0.2) is 0 Å². The van der Waals surface area contributed by atoms with Gasteiger partial charge in [-0.2, -0.15) is 0 Å². The minimum Gasteiger partial charge on any atom is -0.302 e. The Bertz CT molecular complexity index is 344. The number of nitrogens with one attached hydrogen (secondary N) is 1. The lowest BCUT2D eigenvalue weighted by Crippen LogP contribution is -2.17. The van der Waals surface area contributed by atoms with Crippen LogP contribution in [0, 0.1) is 17.3 Å². The first-order valence-electron chi connectivity index (χ1n) is 8.70. The average Bonchev–Trinajstić information content (AvgIpc) is 3.21. The molecule has 0 aromatic heterocycles. The third-order valence-electron chi connectivity index (χ3n) is 6.48. The number of hydrogen-bond acceptors (Lipinski definition) is 1. The fourth-order valence-corrected chi connectivity index (χ4v) is 4.44. The molecule has 3 rings (SSSR count). The fraction of sp³-hybridized carbons (Fsp3) is 1.00. The molecule has 3 aliphatic rings. The summed E-state index contributed by atoms with van der Waals surface area (Å²) in [6.45, 7) is 9.79. The van der Waals surface area contributed by atoms with E-state index in [-0.39, 0.29) is 0 Å². The molecular formula is C18H33N. The van der Waals surface area contributed by atoms with Crippen molar-refractivity contribution in [3.8, 4) is 0 Å². The van der Waals surface area contributed by atoms with Crippen molar-refractivity contribution in [3.05, 3.63) is 0 Å². The van der Waals surface area contributed by atoms with E-state index in [0.29, 0.717) is 16.5 Å². The predicted molar refractivity (Wildman–Crippen MR) is 82.3 cm³/mol. The van der Waals surface area contributed by atoms with Crippen LogP contribution in [-0.2, 0) is 0 Å². The van der Waals surface area contributed by atoms with Crippen molar-refractivity contribution in [2.24, 2.45) is 17.3 Å². The quantitative estimate of drug-likeness (QED) is 0.618. The molecule has 3 atom stereocenters. The molecule has 19 heavy (non-hydrogen) atoms. The van der Waals surface area contributed by atoms with E-state index in [1.165, 1.54) is 57.8 Å². The summed E-state index contributed by atoms with van der Waals surface area (Å²) in [6, 6.07) is 0. The molecule has 0 radical (unpaired) electrons. The van der Waals surface area contributed by atoms with E-state index >= 15 is 0 Å². The molecule has 1 heterocycles. The Morgan fingerprint density at radius 1 is 1.21 bits per heavy atom. The van der Waals surface area contributed by atoms with Crippen LogP contribution in [0.2, 0.25) is 0 Å². The molecule has 0 aromatic rings. The second-order valence-electron chi connectivity index (χ2n) is 8.74. The zero-order chi connectivity index (χ0) is 13.7. The van der Waals surface area contributed by atoms with Gasteiger partial charge in [-0.3, -0.25) is 0 Å². The molecule has 1 spiro atoms. The van der Waals surface area contributed by atoms with E-state index in [1.807, 2.05) is 0 Å². The average molecular weight is 263 g/mol. The lowest BCUT2D eigenvalue weighted by Gasteiger charge is -2.25. The molecule has 1 aliphatic heterocycles. The maximum absolute atomic E-state index is 3.84. The summed E-state index contributed by atoms with van der Waals surface area (Å²) >= 11 is 0. The van der Waals surface area contributed by atoms with Crippen LogP contribution in [0.3, 0.4) is 0 Å². The van der Waals surface area contributed by atoms with Crippen molar-refractivity contribution < 1.29 is 0 Å². The molecule has 110 valence electrons. The Morgan fingerprint density at radius 2 is 1.95 bits per heavy atom. The molecule has 2 aliphatic carbocycles. The molecule has 1 N–H and O–H groups in total. The normalized spacial score (nSPS) is 40.7. The zero-order valence-electron chi connectivity index (χ0n) is 13.5. The van der Waals surface area contributed by atoms with Crippen molar-refractivity contribution in [2.75, 3.05) is 0 Å². The first kappa shape index (κ1) is 13.9. The summed E-state index contributed by atoms with van der Waals surface area (Å²) in [5.41, 5.74) is 1.68. The molecule has 0 amide bonds. The van der Waals surface area contributed by atoms with Gasteiger partial charge in [-0.05, 0) is 56.3 Å². The fourth-order valence-electron chi connectivity index (χ4n) is 4.44. The second kappa shape index (κ2) is 4.48. The van der Waals surface area contributed by atoms with E-state index in [9.17, 15) is 0 Å². The Morgan fingerprint density at radius 3 is 2.53 bits per heavy atom. The highest BCUT2D eigenvalue weighted by molar-refractivity contribution is 5.36. The van der Waals surface area contributed by atoms with Crippen molar-refractivity contribution in [3.63, 3.8) is 0 Å². The Kier molecular flexibility index (Phi) is 3.28. The summed E-state index contributed by atoms with van der Waals surface area (Å²) < 4.78 is 0. The monoisotopic (exact) mass is 263 g/mol. The van der Waals surface area contributed by atoms with E-state index in [0.717, 1.165) is 11.8 Å². The molecule has 0 aromatic carbocycles. The first-order valence-corrected chi connectivity index (χ1v) is 8.70. The van der Waals surface area contributed by atoms with Crippen LogP contribution in [0.15, 0.2) is 0 Å². The van der Waals surface area contributed by atoms with Gasteiger partial charge in [0.25, 0.3) is 0 Å². The highest BCUT2D eigenvalue weighted by atomic mass is 15.3. The van der Waals surface area contributed by atoms with Crippen molar-refractivity contribution in [2.45, 2.75) is 96.6 Å². The predicted octanol–water partition coefficient (Wildman–Crippen LogP) is 4.90. The van der Waals surface area contributed by atoms with E-state index in [4.69, 9.17) is 0 Å². The van der Waals surface area contributed by atoms with Crippen LogP contribution < -0.4 is 5.32 Å². The van der Waals surface area contributed by atoms with Gasteiger partial charge in [-0.15, -0.1) is 0 Å². The molecule has 2 saturated carbocycles. The molecule has 1 saturated heterocycles. The number of hydrogen-bond donors (Lipinski definition) is 1. The molecule has 1 nitrogen and oxygen atoms in total. The first-order chi connectivity index (χ1) is 8.91. The topological polar surface area (TPSA) is 21.9 Å². The van der Waals surface area contributed by atoms with Crippen molar-refractivity contribution in [1.29, 1.82) is 0 Å². The molecule has 1 heteroatoms. The summed E-state index contributed by atoms with van der Waals surface area (Å²) in [7, 11) is 0. The van der Waals surface area contributed by atoms with Crippen LogP contribution in [0.5, 0.6) is 0 Å². The van der Waals surface area contributed by atoms with Crippen molar-refractivity contribution >= 4 is 0 Å². The summed E-state index contributed by atoms with van der Waals surface area (Å²) in [6.07, 6.45) is 13.0. The lowest BCUT2D eigenvalue weighted by molar-refractivity contribution is 0.276. The second-order valence-corrected chi connectivity index (χ2v) is 8.74.